The topological polar surface area (TPSA) is 82.8 Å². The first-order chi connectivity index (χ1) is 9.92. The Labute approximate surface area is 128 Å². The van der Waals surface area contributed by atoms with Gasteiger partial charge in [-0.05, 0) is 36.8 Å². The van der Waals surface area contributed by atoms with E-state index in [4.69, 9.17) is 16.9 Å². The number of rotatable bonds is 4. The molecule has 0 amide bonds. The lowest BCUT2D eigenvalue weighted by Gasteiger charge is -2.10. The summed E-state index contributed by atoms with van der Waals surface area (Å²) in [4.78, 5) is 4.12. The van der Waals surface area contributed by atoms with Gasteiger partial charge in [0, 0.05) is 0 Å². The highest BCUT2D eigenvalue weighted by molar-refractivity contribution is 7.92. The third kappa shape index (κ3) is 3.72. The van der Waals surface area contributed by atoms with E-state index in [1.54, 1.807) is 25.1 Å². The zero-order valence-electron chi connectivity index (χ0n) is 11.2. The van der Waals surface area contributed by atoms with Crippen LogP contribution in [0, 0.1) is 18.3 Å². The number of nitrogens with one attached hydrogen (secondary N) is 1. The highest BCUT2D eigenvalue weighted by Crippen LogP contribution is 2.20. The lowest BCUT2D eigenvalue weighted by atomic mass is 10.2. The summed E-state index contributed by atoms with van der Waals surface area (Å²) in [6.45, 7) is 1.67. The number of aryl methyl sites for hydroxylation is 1. The summed E-state index contributed by atoms with van der Waals surface area (Å²) in [6, 6.07) is 11.3. The van der Waals surface area contributed by atoms with Gasteiger partial charge in [-0.15, -0.1) is 0 Å². The van der Waals surface area contributed by atoms with E-state index in [2.05, 4.69) is 9.71 Å². The van der Waals surface area contributed by atoms with Crippen LogP contribution in [0.5, 0.6) is 0 Å². The lowest BCUT2D eigenvalue weighted by Crippen LogP contribution is -2.14. The van der Waals surface area contributed by atoms with Crippen LogP contribution >= 0.6 is 11.6 Å². The Balaban J connectivity index is 2.27. The van der Waals surface area contributed by atoms with Crippen molar-refractivity contribution in [2.75, 3.05) is 4.72 Å². The van der Waals surface area contributed by atoms with Crippen molar-refractivity contribution in [1.82, 2.24) is 4.98 Å². The standard InChI is InChI=1S/C14H12ClN3O2S/c1-10-13(6-7-14(15)17-10)18-21(19,20)12-4-2-11(3-5-12)8-9-16/h2-7,18H,8H2,1H3. The van der Waals surface area contributed by atoms with Crippen molar-refractivity contribution in [3.63, 3.8) is 0 Å². The smallest absolute Gasteiger partial charge is 0.261 e. The zero-order valence-corrected chi connectivity index (χ0v) is 12.7. The van der Waals surface area contributed by atoms with Gasteiger partial charge in [0.2, 0.25) is 0 Å². The Hall–Kier alpha value is -2.10. The summed E-state index contributed by atoms with van der Waals surface area (Å²) < 4.78 is 27.0. The van der Waals surface area contributed by atoms with E-state index in [9.17, 15) is 8.42 Å². The third-order valence-corrected chi connectivity index (χ3v) is 4.40. The van der Waals surface area contributed by atoms with E-state index in [0.29, 0.717) is 16.5 Å². The maximum atomic E-state index is 12.3. The first-order valence-corrected chi connectivity index (χ1v) is 7.90. The van der Waals surface area contributed by atoms with Crippen molar-refractivity contribution in [1.29, 1.82) is 5.26 Å². The number of benzene rings is 1. The molecule has 1 aromatic heterocycles. The summed E-state index contributed by atoms with van der Waals surface area (Å²) >= 11 is 5.74. The maximum Gasteiger partial charge on any atom is 0.261 e. The lowest BCUT2D eigenvalue weighted by molar-refractivity contribution is 0.601. The minimum Gasteiger partial charge on any atom is -0.278 e. The molecule has 0 radical (unpaired) electrons. The Morgan fingerprint density at radius 3 is 2.48 bits per heavy atom. The molecule has 0 spiro atoms. The van der Waals surface area contributed by atoms with Crippen molar-refractivity contribution in [3.05, 3.63) is 52.8 Å². The van der Waals surface area contributed by atoms with Crippen molar-refractivity contribution < 1.29 is 8.42 Å². The molecule has 0 fully saturated rings. The Kier molecular flexibility index (Phi) is 4.46. The normalized spacial score (nSPS) is 10.9. The van der Waals surface area contributed by atoms with E-state index < -0.39 is 10.0 Å². The number of halogens is 1. The van der Waals surface area contributed by atoms with E-state index in [1.165, 1.54) is 18.2 Å². The van der Waals surface area contributed by atoms with Gasteiger partial charge in [-0.3, -0.25) is 4.72 Å². The van der Waals surface area contributed by atoms with Gasteiger partial charge in [0.05, 0.1) is 28.8 Å². The predicted octanol–water partition coefficient (Wildman–Crippen LogP) is 2.91. The highest BCUT2D eigenvalue weighted by atomic mass is 35.5. The van der Waals surface area contributed by atoms with Crippen molar-refractivity contribution in [2.24, 2.45) is 0 Å². The summed E-state index contributed by atoms with van der Waals surface area (Å²) in [6.07, 6.45) is 0.244. The van der Waals surface area contributed by atoms with Crippen LogP contribution in [0.3, 0.4) is 0 Å². The average Bonchev–Trinajstić information content (AvgIpc) is 2.43. The van der Waals surface area contributed by atoms with Crippen LogP contribution in [0.15, 0.2) is 41.3 Å². The van der Waals surface area contributed by atoms with Crippen LogP contribution in [-0.2, 0) is 16.4 Å². The van der Waals surface area contributed by atoms with Crippen molar-refractivity contribution in [3.8, 4) is 6.07 Å². The molecule has 0 saturated heterocycles. The second-order valence-electron chi connectivity index (χ2n) is 4.35. The molecule has 5 nitrogen and oxygen atoms in total. The fraction of sp³-hybridized carbons (Fsp3) is 0.143. The van der Waals surface area contributed by atoms with Crippen LogP contribution < -0.4 is 4.72 Å². The minimum absolute atomic E-state index is 0.124. The molecule has 0 unspecified atom stereocenters. The number of nitriles is 1. The number of hydrogen-bond donors (Lipinski definition) is 1. The molecular formula is C14H12ClN3O2S. The number of anilines is 1. The molecule has 0 aliphatic heterocycles. The van der Waals surface area contributed by atoms with E-state index in [-0.39, 0.29) is 11.3 Å². The molecule has 7 heteroatoms. The van der Waals surface area contributed by atoms with Crippen LogP contribution in [0.1, 0.15) is 11.3 Å². The molecule has 21 heavy (non-hydrogen) atoms. The van der Waals surface area contributed by atoms with Gasteiger partial charge in [-0.1, -0.05) is 23.7 Å². The van der Waals surface area contributed by atoms with Crippen LogP contribution in [-0.4, -0.2) is 13.4 Å². The fourth-order valence-corrected chi connectivity index (χ4v) is 3.03. The molecule has 0 atom stereocenters. The summed E-state index contributed by atoms with van der Waals surface area (Å²) in [5.41, 5.74) is 1.63. The number of aromatic nitrogens is 1. The average molecular weight is 322 g/mol. The quantitative estimate of drug-likeness (QED) is 0.878. The van der Waals surface area contributed by atoms with Gasteiger partial charge in [-0.2, -0.15) is 5.26 Å². The molecule has 1 N–H and O–H groups in total. The fourth-order valence-electron chi connectivity index (χ4n) is 1.72. The summed E-state index contributed by atoms with van der Waals surface area (Å²) in [5, 5.41) is 8.90. The molecule has 0 aliphatic carbocycles. The van der Waals surface area contributed by atoms with E-state index in [1.807, 2.05) is 6.07 Å². The van der Waals surface area contributed by atoms with E-state index in [0.717, 1.165) is 5.56 Å². The number of nitrogens with zero attached hydrogens (tertiary/aromatic N) is 2. The molecule has 0 bridgehead atoms. The third-order valence-electron chi connectivity index (χ3n) is 2.81. The van der Waals surface area contributed by atoms with Gasteiger partial charge in [0.25, 0.3) is 10.0 Å². The second-order valence-corrected chi connectivity index (χ2v) is 6.42. The first-order valence-electron chi connectivity index (χ1n) is 6.04. The second kappa shape index (κ2) is 6.12. The Morgan fingerprint density at radius 1 is 1.24 bits per heavy atom. The molecule has 2 rings (SSSR count). The number of pyridine rings is 1. The molecular weight excluding hydrogens is 310 g/mol. The van der Waals surface area contributed by atoms with E-state index >= 15 is 0 Å². The summed E-state index contributed by atoms with van der Waals surface area (Å²) in [5.74, 6) is 0. The van der Waals surface area contributed by atoms with Gasteiger partial charge < -0.3 is 0 Å². The van der Waals surface area contributed by atoms with Crippen LogP contribution in [0.4, 0.5) is 5.69 Å². The van der Waals surface area contributed by atoms with Gasteiger partial charge in [0.1, 0.15) is 5.15 Å². The number of hydrogen-bond acceptors (Lipinski definition) is 4. The molecule has 1 heterocycles. The number of sulfonamides is 1. The molecule has 108 valence electrons. The SMILES string of the molecule is Cc1nc(Cl)ccc1NS(=O)(=O)c1ccc(CC#N)cc1. The van der Waals surface area contributed by atoms with Crippen molar-refractivity contribution >= 4 is 27.3 Å². The zero-order chi connectivity index (χ0) is 15.5. The predicted molar refractivity (Wildman–Crippen MR) is 80.6 cm³/mol. The Morgan fingerprint density at radius 2 is 1.90 bits per heavy atom. The van der Waals surface area contributed by atoms with Gasteiger partial charge >= 0.3 is 0 Å². The molecule has 0 saturated carbocycles. The van der Waals surface area contributed by atoms with Crippen LogP contribution in [0.2, 0.25) is 5.15 Å². The highest BCUT2D eigenvalue weighted by Gasteiger charge is 2.15. The molecule has 1 aromatic carbocycles. The molecule has 0 aliphatic rings. The first kappa shape index (κ1) is 15.3. The van der Waals surface area contributed by atoms with Gasteiger partial charge in [-0.25, -0.2) is 13.4 Å². The monoisotopic (exact) mass is 321 g/mol. The van der Waals surface area contributed by atoms with Gasteiger partial charge in [0.15, 0.2) is 0 Å². The molecule has 2 aromatic rings. The largest absolute Gasteiger partial charge is 0.278 e. The minimum atomic E-state index is -3.70. The Bertz CT molecular complexity index is 796. The van der Waals surface area contributed by atoms with Crippen LogP contribution in [0.25, 0.3) is 0 Å². The maximum absolute atomic E-state index is 12.3. The van der Waals surface area contributed by atoms with Crippen molar-refractivity contribution in [2.45, 2.75) is 18.2 Å². The summed E-state index contributed by atoms with van der Waals surface area (Å²) in [7, 11) is -3.70.